The molecule has 0 atom stereocenters. The molecule has 8 nitrogen and oxygen atoms in total. The van der Waals surface area contributed by atoms with Crippen molar-refractivity contribution in [2.45, 2.75) is 19.3 Å². The summed E-state index contributed by atoms with van der Waals surface area (Å²) in [5.74, 6) is 1.22. The van der Waals surface area contributed by atoms with E-state index in [1.807, 2.05) is 18.2 Å². The Morgan fingerprint density at radius 3 is 2.62 bits per heavy atom. The zero-order valence-electron chi connectivity index (χ0n) is 15.1. The van der Waals surface area contributed by atoms with Crippen molar-refractivity contribution in [2.24, 2.45) is 5.92 Å². The maximum absolute atomic E-state index is 12.1. The number of aromatic nitrogens is 3. The van der Waals surface area contributed by atoms with Crippen LogP contribution in [-0.4, -0.2) is 66.0 Å². The third-order valence-corrected chi connectivity index (χ3v) is 6.61. The molecule has 2 aromatic heterocycles. The van der Waals surface area contributed by atoms with Crippen LogP contribution in [0.5, 0.6) is 5.75 Å². The van der Waals surface area contributed by atoms with Gasteiger partial charge in [-0.15, -0.1) is 0 Å². The molecule has 0 spiro atoms. The van der Waals surface area contributed by atoms with E-state index in [4.69, 9.17) is 4.74 Å². The Kier molecular flexibility index (Phi) is 5.90. The standard InChI is InChI=1S/C17H25N5O3S/c1-21(2)26(23,24)22-10-6-14(7-11-22)8-12-25-15-3-4-16(18-13-15)17-5-9-19-20-17/h3-5,9,13-14H,6-8,10-12H2,1-2H3,(H,19,20). The Morgan fingerprint density at radius 1 is 1.27 bits per heavy atom. The van der Waals surface area contributed by atoms with Crippen LogP contribution in [0, 0.1) is 5.92 Å². The molecule has 1 N–H and O–H groups in total. The van der Waals surface area contributed by atoms with Crippen LogP contribution in [0.25, 0.3) is 11.4 Å². The zero-order valence-corrected chi connectivity index (χ0v) is 15.9. The van der Waals surface area contributed by atoms with E-state index in [-0.39, 0.29) is 0 Å². The zero-order chi connectivity index (χ0) is 18.6. The highest BCUT2D eigenvalue weighted by Crippen LogP contribution is 2.24. The maximum atomic E-state index is 12.1. The average Bonchev–Trinajstić information content (AvgIpc) is 3.17. The van der Waals surface area contributed by atoms with Gasteiger partial charge in [-0.3, -0.25) is 10.1 Å². The summed E-state index contributed by atoms with van der Waals surface area (Å²) in [6.07, 6.45) is 6.05. The van der Waals surface area contributed by atoms with E-state index in [9.17, 15) is 8.42 Å². The van der Waals surface area contributed by atoms with E-state index in [1.165, 1.54) is 4.31 Å². The monoisotopic (exact) mass is 379 g/mol. The number of piperidine rings is 1. The van der Waals surface area contributed by atoms with Crippen molar-refractivity contribution in [3.63, 3.8) is 0 Å². The third kappa shape index (κ3) is 4.40. The predicted octanol–water partition coefficient (Wildman–Crippen LogP) is 1.76. The molecule has 2 aromatic rings. The second kappa shape index (κ2) is 8.15. The minimum absolute atomic E-state index is 0.487. The molecule has 1 aliphatic heterocycles. The van der Waals surface area contributed by atoms with Gasteiger partial charge in [-0.25, -0.2) is 0 Å². The first-order valence-electron chi connectivity index (χ1n) is 8.73. The minimum atomic E-state index is -3.29. The maximum Gasteiger partial charge on any atom is 0.281 e. The molecule has 9 heteroatoms. The average molecular weight is 379 g/mol. The van der Waals surface area contributed by atoms with Crippen molar-refractivity contribution < 1.29 is 13.2 Å². The normalized spacial score (nSPS) is 16.9. The van der Waals surface area contributed by atoms with Gasteiger partial charge in [-0.05, 0) is 43.4 Å². The van der Waals surface area contributed by atoms with Crippen molar-refractivity contribution in [3.05, 3.63) is 30.6 Å². The first kappa shape index (κ1) is 18.8. The number of H-pyrrole nitrogens is 1. The second-order valence-electron chi connectivity index (χ2n) is 6.62. The van der Waals surface area contributed by atoms with Crippen molar-refractivity contribution in [1.29, 1.82) is 0 Å². The second-order valence-corrected chi connectivity index (χ2v) is 8.76. The number of ether oxygens (including phenoxy) is 1. The van der Waals surface area contributed by atoms with Crippen LogP contribution in [0.15, 0.2) is 30.6 Å². The van der Waals surface area contributed by atoms with Crippen LogP contribution >= 0.6 is 0 Å². The summed E-state index contributed by atoms with van der Waals surface area (Å²) in [7, 11) is -0.149. The van der Waals surface area contributed by atoms with E-state index in [1.54, 1.807) is 30.8 Å². The van der Waals surface area contributed by atoms with Crippen LogP contribution in [0.2, 0.25) is 0 Å². The van der Waals surface area contributed by atoms with Crippen LogP contribution < -0.4 is 4.74 Å². The van der Waals surface area contributed by atoms with E-state index in [2.05, 4.69) is 15.2 Å². The van der Waals surface area contributed by atoms with Gasteiger partial charge in [-0.1, -0.05) is 0 Å². The Morgan fingerprint density at radius 2 is 2.04 bits per heavy atom. The molecule has 0 unspecified atom stereocenters. The highest BCUT2D eigenvalue weighted by molar-refractivity contribution is 7.86. The number of hydrogen-bond acceptors (Lipinski definition) is 5. The molecule has 1 aliphatic rings. The molecule has 1 saturated heterocycles. The Labute approximate surface area is 154 Å². The Bertz CT molecular complexity index is 782. The Balaban J connectivity index is 1.42. The largest absolute Gasteiger partial charge is 0.492 e. The molecule has 0 aromatic carbocycles. The molecule has 0 bridgehead atoms. The molecular weight excluding hydrogens is 354 g/mol. The van der Waals surface area contributed by atoms with Gasteiger partial charge in [0.15, 0.2) is 0 Å². The van der Waals surface area contributed by atoms with Gasteiger partial charge in [0.05, 0.1) is 24.2 Å². The SMILES string of the molecule is CN(C)S(=O)(=O)N1CCC(CCOc2ccc(-c3ccn[nH]3)nc2)CC1. The fourth-order valence-corrected chi connectivity index (χ4v) is 4.16. The summed E-state index contributed by atoms with van der Waals surface area (Å²) < 4.78 is 32.9. The molecule has 0 saturated carbocycles. The number of nitrogens with zero attached hydrogens (tertiary/aromatic N) is 4. The molecule has 142 valence electrons. The highest BCUT2D eigenvalue weighted by Gasteiger charge is 2.29. The number of pyridine rings is 1. The van der Waals surface area contributed by atoms with Gasteiger partial charge < -0.3 is 4.74 Å². The highest BCUT2D eigenvalue weighted by atomic mass is 32.2. The van der Waals surface area contributed by atoms with E-state index in [0.717, 1.165) is 36.4 Å². The topological polar surface area (TPSA) is 91.4 Å². The summed E-state index contributed by atoms with van der Waals surface area (Å²) in [6, 6.07) is 5.66. The quantitative estimate of drug-likeness (QED) is 0.791. The van der Waals surface area contributed by atoms with E-state index >= 15 is 0 Å². The fourth-order valence-electron chi connectivity index (χ4n) is 3.03. The van der Waals surface area contributed by atoms with Gasteiger partial charge in [0.2, 0.25) is 0 Å². The van der Waals surface area contributed by atoms with Gasteiger partial charge >= 0.3 is 0 Å². The van der Waals surface area contributed by atoms with Crippen molar-refractivity contribution in [2.75, 3.05) is 33.8 Å². The summed E-state index contributed by atoms with van der Waals surface area (Å²) in [4.78, 5) is 4.37. The van der Waals surface area contributed by atoms with Gasteiger partial charge in [-0.2, -0.15) is 22.1 Å². The summed E-state index contributed by atoms with van der Waals surface area (Å²) >= 11 is 0. The summed E-state index contributed by atoms with van der Waals surface area (Å²) in [5, 5.41) is 6.79. The summed E-state index contributed by atoms with van der Waals surface area (Å²) in [6.45, 7) is 1.76. The first-order valence-corrected chi connectivity index (χ1v) is 10.1. The molecule has 3 rings (SSSR count). The summed E-state index contributed by atoms with van der Waals surface area (Å²) in [5.41, 5.74) is 1.69. The molecule has 0 aliphatic carbocycles. The predicted molar refractivity (Wildman–Crippen MR) is 98.8 cm³/mol. The third-order valence-electron chi connectivity index (χ3n) is 4.67. The lowest BCUT2D eigenvalue weighted by atomic mass is 9.95. The van der Waals surface area contributed by atoms with E-state index in [0.29, 0.717) is 25.6 Å². The molecule has 0 amide bonds. The molecule has 26 heavy (non-hydrogen) atoms. The lowest BCUT2D eigenvalue weighted by molar-refractivity contribution is 0.214. The van der Waals surface area contributed by atoms with Gasteiger partial charge in [0, 0.05) is 33.4 Å². The lowest BCUT2D eigenvalue weighted by Gasteiger charge is -2.32. The number of aromatic amines is 1. The minimum Gasteiger partial charge on any atom is -0.492 e. The van der Waals surface area contributed by atoms with Crippen molar-refractivity contribution >= 4 is 10.2 Å². The number of hydrogen-bond donors (Lipinski definition) is 1. The molecule has 3 heterocycles. The fraction of sp³-hybridized carbons (Fsp3) is 0.529. The Hall–Kier alpha value is -1.97. The number of nitrogens with one attached hydrogen (secondary N) is 1. The molecular formula is C17H25N5O3S. The van der Waals surface area contributed by atoms with Crippen LogP contribution in [0.4, 0.5) is 0 Å². The van der Waals surface area contributed by atoms with Crippen LogP contribution in [0.1, 0.15) is 19.3 Å². The first-order chi connectivity index (χ1) is 12.5. The van der Waals surface area contributed by atoms with Crippen molar-refractivity contribution in [1.82, 2.24) is 23.8 Å². The van der Waals surface area contributed by atoms with Crippen LogP contribution in [0.3, 0.4) is 0 Å². The molecule has 1 fully saturated rings. The lowest BCUT2D eigenvalue weighted by Crippen LogP contribution is -2.44. The van der Waals surface area contributed by atoms with Gasteiger partial charge in [0.25, 0.3) is 10.2 Å². The van der Waals surface area contributed by atoms with Gasteiger partial charge in [0.1, 0.15) is 5.75 Å². The molecule has 0 radical (unpaired) electrons. The van der Waals surface area contributed by atoms with Crippen LogP contribution in [-0.2, 0) is 10.2 Å². The number of rotatable bonds is 7. The smallest absolute Gasteiger partial charge is 0.281 e. The van der Waals surface area contributed by atoms with E-state index < -0.39 is 10.2 Å². The van der Waals surface area contributed by atoms with Crippen molar-refractivity contribution in [3.8, 4) is 17.1 Å².